The summed E-state index contributed by atoms with van der Waals surface area (Å²) in [7, 11) is 1.01. The molecule has 2 aliphatic heterocycles. The molecule has 0 spiro atoms. The van der Waals surface area contributed by atoms with Crippen molar-refractivity contribution in [2.24, 2.45) is 0 Å². The molecule has 0 amide bonds. The molecule has 11 heteroatoms. The van der Waals surface area contributed by atoms with E-state index in [2.05, 4.69) is 73.2 Å². The number of aromatic nitrogens is 5. The summed E-state index contributed by atoms with van der Waals surface area (Å²) in [6.45, 7) is 13.5. The quantitative estimate of drug-likeness (QED) is 0.318. The molecule has 2 saturated heterocycles. The lowest BCUT2D eigenvalue weighted by Crippen LogP contribution is -2.37. The third-order valence-corrected chi connectivity index (χ3v) is 8.80. The molecule has 0 radical (unpaired) electrons. The predicted octanol–water partition coefficient (Wildman–Crippen LogP) is 3.09. The largest absolute Gasteiger partial charge is 0.378 e. The second-order valence-electron chi connectivity index (χ2n) is 10.9. The Kier molecular flexibility index (Phi) is 7.40. The fourth-order valence-electron chi connectivity index (χ4n) is 4.78. The lowest BCUT2D eigenvalue weighted by Gasteiger charge is -2.29. The molecule has 2 fully saturated rings. The molecule has 10 nitrogen and oxygen atoms in total. The Morgan fingerprint density at radius 3 is 2.64 bits per heavy atom. The van der Waals surface area contributed by atoms with Crippen molar-refractivity contribution in [3.8, 4) is 0 Å². The summed E-state index contributed by atoms with van der Waals surface area (Å²) in [5, 5.41) is 1.07. The van der Waals surface area contributed by atoms with E-state index in [4.69, 9.17) is 14.5 Å². The number of hydrogen-bond donors (Lipinski definition) is 0. The number of nitrogens with zero attached hydrogens (tertiary/aromatic N) is 8. The lowest BCUT2D eigenvalue weighted by atomic mass is 10.2. The second-order valence-corrected chi connectivity index (χ2v) is 16.5. The molecule has 1 unspecified atom stereocenters. The average molecular weight is 511 g/mol. The van der Waals surface area contributed by atoms with E-state index >= 15 is 0 Å². The van der Waals surface area contributed by atoms with Crippen LogP contribution >= 0.6 is 0 Å². The number of anilines is 3. The molecule has 0 N–H and O–H groups in total. The summed E-state index contributed by atoms with van der Waals surface area (Å²) < 4.78 is 13.5. The first-order chi connectivity index (χ1) is 17.4. The van der Waals surface area contributed by atoms with Crippen molar-refractivity contribution in [1.82, 2.24) is 24.5 Å². The summed E-state index contributed by atoms with van der Waals surface area (Å²) in [6, 6.07) is 3.61. The van der Waals surface area contributed by atoms with Gasteiger partial charge in [-0.25, -0.2) is 19.9 Å². The summed E-state index contributed by atoms with van der Waals surface area (Å²) in [5.41, 5.74) is 0.925. The van der Waals surface area contributed by atoms with E-state index in [1.54, 1.807) is 6.33 Å². The van der Waals surface area contributed by atoms with E-state index in [-0.39, 0.29) is 0 Å². The van der Waals surface area contributed by atoms with E-state index in [1.165, 1.54) is 0 Å². The highest BCUT2D eigenvalue weighted by Gasteiger charge is 2.29. The minimum atomic E-state index is -1.10. The maximum Gasteiger partial charge on any atom is 0.147 e. The highest BCUT2D eigenvalue weighted by Crippen LogP contribution is 2.29. The van der Waals surface area contributed by atoms with Crippen LogP contribution < -0.4 is 14.7 Å². The molecule has 194 valence electrons. The van der Waals surface area contributed by atoms with Gasteiger partial charge in [0, 0.05) is 60.1 Å². The highest BCUT2D eigenvalue weighted by molar-refractivity contribution is 6.76. The van der Waals surface area contributed by atoms with Crippen LogP contribution in [0.4, 0.5) is 17.5 Å². The monoisotopic (exact) mass is 510 g/mol. The van der Waals surface area contributed by atoms with Crippen molar-refractivity contribution in [1.29, 1.82) is 0 Å². The summed E-state index contributed by atoms with van der Waals surface area (Å²) in [5.74, 6) is 2.81. The second kappa shape index (κ2) is 10.7. The molecule has 0 bridgehead atoms. The van der Waals surface area contributed by atoms with E-state index < -0.39 is 8.07 Å². The van der Waals surface area contributed by atoms with Crippen LogP contribution in [0.15, 0.2) is 31.0 Å². The maximum absolute atomic E-state index is 5.97. The Morgan fingerprint density at radius 1 is 1.06 bits per heavy atom. The zero-order valence-corrected chi connectivity index (χ0v) is 22.9. The van der Waals surface area contributed by atoms with Crippen LogP contribution in [0.25, 0.3) is 11.0 Å². The summed E-state index contributed by atoms with van der Waals surface area (Å²) in [4.78, 5) is 25.5. The number of fused-ring (bicyclic) bond motifs is 1. The van der Waals surface area contributed by atoms with Gasteiger partial charge in [0.1, 0.15) is 36.2 Å². The zero-order valence-electron chi connectivity index (χ0n) is 21.9. The van der Waals surface area contributed by atoms with Crippen LogP contribution in [0.1, 0.15) is 6.42 Å². The van der Waals surface area contributed by atoms with E-state index in [0.717, 1.165) is 87.0 Å². The molecule has 5 heterocycles. The molecule has 3 aromatic rings. The number of rotatable bonds is 9. The first-order valence-corrected chi connectivity index (χ1v) is 16.6. The molecule has 5 rings (SSSR count). The van der Waals surface area contributed by atoms with Gasteiger partial charge in [-0.15, -0.1) is 0 Å². The average Bonchev–Trinajstić information content (AvgIpc) is 3.54. The smallest absolute Gasteiger partial charge is 0.147 e. The molecule has 0 saturated carbocycles. The van der Waals surface area contributed by atoms with Crippen LogP contribution in [0.3, 0.4) is 0 Å². The zero-order chi connectivity index (χ0) is 25.1. The Hall–Kier alpha value is -2.76. The SMILES string of the molecule is CN(c1cnc(N2CCOCC2)cn1)C1CCN(c2ncnc3c2ccn3COCC[Si](C)(C)C)C1. The Morgan fingerprint density at radius 2 is 1.89 bits per heavy atom. The van der Waals surface area contributed by atoms with E-state index in [1.807, 2.05) is 12.4 Å². The van der Waals surface area contributed by atoms with Gasteiger partial charge in [-0.2, -0.15) is 0 Å². The predicted molar refractivity (Wildman–Crippen MR) is 146 cm³/mol. The fraction of sp³-hybridized carbons (Fsp3) is 0.600. The van der Waals surface area contributed by atoms with E-state index in [0.29, 0.717) is 12.8 Å². The van der Waals surface area contributed by atoms with Gasteiger partial charge in [0.15, 0.2) is 0 Å². The fourth-order valence-corrected chi connectivity index (χ4v) is 5.53. The lowest BCUT2D eigenvalue weighted by molar-refractivity contribution is 0.0899. The van der Waals surface area contributed by atoms with Gasteiger partial charge >= 0.3 is 0 Å². The molecule has 3 aromatic heterocycles. The van der Waals surface area contributed by atoms with Crippen LogP contribution in [0.2, 0.25) is 25.7 Å². The first kappa shape index (κ1) is 24.9. The molecular formula is C25H38N8O2Si. The Balaban J connectivity index is 1.22. The number of ether oxygens (including phenoxy) is 2. The van der Waals surface area contributed by atoms with Crippen molar-refractivity contribution in [3.63, 3.8) is 0 Å². The summed E-state index contributed by atoms with van der Waals surface area (Å²) in [6.07, 6.45) is 8.53. The minimum Gasteiger partial charge on any atom is -0.378 e. The van der Waals surface area contributed by atoms with Crippen LogP contribution in [0.5, 0.6) is 0 Å². The third kappa shape index (κ3) is 5.63. The normalized spacial score (nSPS) is 18.8. The van der Waals surface area contributed by atoms with Crippen molar-refractivity contribution in [2.75, 3.05) is 67.7 Å². The number of morpholine rings is 1. The van der Waals surface area contributed by atoms with Crippen LogP contribution in [-0.4, -0.2) is 91.7 Å². The molecule has 2 aliphatic rings. The Bertz CT molecular complexity index is 1140. The van der Waals surface area contributed by atoms with Crippen LogP contribution in [-0.2, 0) is 16.2 Å². The Labute approximate surface area is 214 Å². The molecular weight excluding hydrogens is 472 g/mol. The third-order valence-electron chi connectivity index (χ3n) is 7.09. The van der Waals surface area contributed by atoms with Gasteiger partial charge in [0.05, 0.1) is 31.0 Å². The molecule has 0 aliphatic carbocycles. The van der Waals surface area contributed by atoms with Gasteiger partial charge in [0.2, 0.25) is 0 Å². The van der Waals surface area contributed by atoms with Gasteiger partial charge in [0.25, 0.3) is 0 Å². The first-order valence-electron chi connectivity index (χ1n) is 12.9. The van der Waals surface area contributed by atoms with Crippen molar-refractivity contribution < 1.29 is 9.47 Å². The van der Waals surface area contributed by atoms with Gasteiger partial charge in [-0.05, 0) is 18.5 Å². The maximum atomic E-state index is 5.97. The van der Waals surface area contributed by atoms with Crippen molar-refractivity contribution in [3.05, 3.63) is 31.0 Å². The highest BCUT2D eigenvalue weighted by atomic mass is 28.3. The van der Waals surface area contributed by atoms with E-state index in [9.17, 15) is 0 Å². The minimum absolute atomic E-state index is 0.338. The van der Waals surface area contributed by atoms with Crippen LogP contribution in [0, 0.1) is 0 Å². The standard InChI is InChI=1S/C25H38N8O2Si/c1-30(22-15-27-23(16-26-22)31-9-11-34-12-10-31)20-5-7-32(17-20)24-21-6-8-33(25(21)29-18-28-24)19-35-13-14-36(2,3)4/h6,8,15-16,18,20H,5,7,9-14,17,19H2,1-4H3. The molecule has 1 atom stereocenters. The topological polar surface area (TPSA) is 84.7 Å². The van der Waals surface area contributed by atoms with Gasteiger partial charge < -0.3 is 28.7 Å². The molecule has 36 heavy (non-hydrogen) atoms. The summed E-state index contributed by atoms with van der Waals surface area (Å²) >= 11 is 0. The molecule has 0 aromatic carbocycles. The van der Waals surface area contributed by atoms with Crippen molar-refractivity contribution >= 4 is 36.6 Å². The van der Waals surface area contributed by atoms with Crippen molar-refractivity contribution in [2.45, 2.75) is 44.9 Å². The van der Waals surface area contributed by atoms with Gasteiger partial charge in [-0.1, -0.05) is 19.6 Å². The van der Waals surface area contributed by atoms with Gasteiger partial charge in [-0.3, -0.25) is 0 Å². The number of hydrogen-bond acceptors (Lipinski definition) is 9. The number of likely N-dealkylation sites (N-methyl/N-ethyl adjacent to an activating group) is 1.